The summed E-state index contributed by atoms with van der Waals surface area (Å²) in [4.78, 5) is 11.6. The first kappa shape index (κ1) is 19.8. The second kappa shape index (κ2) is 8.79. The zero-order valence-corrected chi connectivity index (χ0v) is 16.8. The Morgan fingerprint density at radius 3 is 2.75 bits per heavy atom. The molecule has 0 bridgehead atoms. The summed E-state index contributed by atoms with van der Waals surface area (Å²) in [7, 11) is 1.36. The molecule has 0 radical (unpaired) electrons. The molecule has 0 aliphatic rings. The molecule has 0 spiro atoms. The van der Waals surface area contributed by atoms with E-state index in [9.17, 15) is 4.79 Å². The third kappa shape index (κ3) is 4.64. The summed E-state index contributed by atoms with van der Waals surface area (Å²) in [5.74, 6) is 7.67. The molecule has 0 atom stereocenters. The van der Waals surface area contributed by atoms with Gasteiger partial charge in [-0.05, 0) is 43.2 Å². The maximum atomic E-state index is 11.6. The molecule has 2 N–H and O–H groups in total. The Balaban J connectivity index is 1.62. The molecule has 0 unspecified atom stereocenters. The van der Waals surface area contributed by atoms with Gasteiger partial charge in [-0.3, -0.25) is 0 Å². The van der Waals surface area contributed by atoms with Crippen LogP contribution in [-0.2, 0) is 17.1 Å². The van der Waals surface area contributed by atoms with Crippen LogP contribution in [0.1, 0.15) is 32.9 Å². The van der Waals surface area contributed by atoms with Crippen LogP contribution in [0.3, 0.4) is 0 Å². The van der Waals surface area contributed by atoms with Crippen molar-refractivity contribution >= 4 is 17.7 Å². The van der Waals surface area contributed by atoms with E-state index in [-0.39, 0.29) is 12.6 Å². The Hall–Kier alpha value is -3.00. The molecule has 3 rings (SSSR count). The normalized spacial score (nSPS) is 10.7. The number of rotatable bonds is 7. The van der Waals surface area contributed by atoms with Gasteiger partial charge in [0.25, 0.3) is 0 Å². The Bertz CT molecular complexity index is 987. The number of hydrogen-bond donors (Lipinski definition) is 1. The highest BCUT2D eigenvalue weighted by molar-refractivity contribution is 7.98. The number of aromatic nitrogens is 3. The highest BCUT2D eigenvalue weighted by atomic mass is 32.2. The standard InChI is InChI=1S/C20H22N4O3S/c1-13-7-8-17(14(2)9-13)27-11-18-22-23-20(24(18)21)28-12-15-5-4-6-16(10-15)19(25)26-3/h4-10H,11-12,21H2,1-3H3. The van der Waals surface area contributed by atoms with Crippen molar-refractivity contribution in [2.24, 2.45) is 0 Å². The van der Waals surface area contributed by atoms with Crippen molar-refractivity contribution in [1.29, 1.82) is 0 Å². The number of nitrogens with two attached hydrogens (primary N) is 1. The van der Waals surface area contributed by atoms with E-state index < -0.39 is 0 Å². The minimum Gasteiger partial charge on any atom is -0.485 e. The SMILES string of the molecule is COC(=O)c1cccc(CSc2nnc(COc3ccc(C)cc3C)n2N)c1. The zero-order chi connectivity index (χ0) is 20.1. The van der Waals surface area contributed by atoms with Gasteiger partial charge >= 0.3 is 5.97 Å². The lowest BCUT2D eigenvalue weighted by molar-refractivity contribution is 0.0600. The summed E-state index contributed by atoms with van der Waals surface area (Å²) < 4.78 is 12.0. The van der Waals surface area contributed by atoms with Gasteiger partial charge in [0.15, 0.2) is 5.82 Å². The smallest absolute Gasteiger partial charge is 0.337 e. The van der Waals surface area contributed by atoms with Gasteiger partial charge in [-0.1, -0.05) is 41.6 Å². The lowest BCUT2D eigenvalue weighted by atomic mass is 10.1. The summed E-state index contributed by atoms with van der Waals surface area (Å²) in [6, 6.07) is 13.3. The van der Waals surface area contributed by atoms with Crippen molar-refractivity contribution in [1.82, 2.24) is 14.9 Å². The molecule has 0 fully saturated rings. The number of ether oxygens (including phenoxy) is 2. The van der Waals surface area contributed by atoms with Gasteiger partial charge in [0.1, 0.15) is 12.4 Å². The van der Waals surface area contributed by atoms with E-state index >= 15 is 0 Å². The lowest BCUT2D eigenvalue weighted by Gasteiger charge is -2.09. The molecule has 8 heteroatoms. The predicted molar refractivity (Wildman–Crippen MR) is 108 cm³/mol. The number of aryl methyl sites for hydroxylation is 2. The number of nitrogen functional groups attached to an aromatic ring is 1. The quantitative estimate of drug-likeness (QED) is 0.371. The van der Waals surface area contributed by atoms with Crippen LogP contribution in [0.15, 0.2) is 47.6 Å². The number of carbonyl (C=O) groups excluding carboxylic acids is 1. The molecular weight excluding hydrogens is 376 g/mol. The molecule has 2 aromatic carbocycles. The van der Waals surface area contributed by atoms with E-state index in [2.05, 4.69) is 16.3 Å². The molecular formula is C20H22N4O3S. The molecule has 0 amide bonds. The number of thioether (sulfide) groups is 1. The van der Waals surface area contributed by atoms with Crippen molar-refractivity contribution in [2.45, 2.75) is 31.4 Å². The Morgan fingerprint density at radius 1 is 1.18 bits per heavy atom. The fraction of sp³-hybridized carbons (Fsp3) is 0.250. The van der Waals surface area contributed by atoms with Gasteiger partial charge in [0.2, 0.25) is 5.16 Å². The van der Waals surface area contributed by atoms with Gasteiger partial charge < -0.3 is 15.3 Å². The largest absolute Gasteiger partial charge is 0.485 e. The third-order valence-electron chi connectivity index (χ3n) is 4.14. The minimum atomic E-state index is -0.361. The number of hydrogen-bond acceptors (Lipinski definition) is 7. The highest BCUT2D eigenvalue weighted by Crippen LogP contribution is 2.23. The second-order valence-electron chi connectivity index (χ2n) is 6.31. The van der Waals surface area contributed by atoms with Gasteiger partial charge in [0, 0.05) is 5.75 Å². The average molecular weight is 398 g/mol. The van der Waals surface area contributed by atoms with Crippen LogP contribution < -0.4 is 10.6 Å². The van der Waals surface area contributed by atoms with Crippen LogP contribution in [0.5, 0.6) is 5.75 Å². The van der Waals surface area contributed by atoms with E-state index in [4.69, 9.17) is 15.3 Å². The Morgan fingerprint density at radius 2 is 2.00 bits per heavy atom. The number of methoxy groups -OCH3 is 1. The first-order chi connectivity index (χ1) is 13.5. The number of nitrogens with zero attached hydrogens (tertiary/aromatic N) is 3. The van der Waals surface area contributed by atoms with Crippen molar-refractivity contribution in [2.75, 3.05) is 13.0 Å². The Labute approximate surface area is 167 Å². The van der Waals surface area contributed by atoms with Crippen LogP contribution in [0.2, 0.25) is 0 Å². The molecule has 0 saturated heterocycles. The molecule has 0 aliphatic heterocycles. The molecule has 0 saturated carbocycles. The van der Waals surface area contributed by atoms with Gasteiger partial charge in [-0.25, -0.2) is 9.47 Å². The number of esters is 1. The van der Waals surface area contributed by atoms with Crippen molar-refractivity contribution in [3.05, 3.63) is 70.5 Å². The van der Waals surface area contributed by atoms with Gasteiger partial charge in [0.05, 0.1) is 12.7 Å². The topological polar surface area (TPSA) is 92.3 Å². The van der Waals surface area contributed by atoms with E-state index in [1.54, 1.807) is 12.1 Å². The molecule has 1 heterocycles. The highest BCUT2D eigenvalue weighted by Gasteiger charge is 2.12. The van der Waals surface area contributed by atoms with Crippen molar-refractivity contribution in [3.8, 4) is 5.75 Å². The van der Waals surface area contributed by atoms with Crippen LogP contribution in [0.4, 0.5) is 0 Å². The fourth-order valence-electron chi connectivity index (χ4n) is 2.66. The van der Waals surface area contributed by atoms with E-state index in [0.717, 1.165) is 16.9 Å². The minimum absolute atomic E-state index is 0.228. The number of carbonyl (C=O) groups is 1. The monoisotopic (exact) mass is 398 g/mol. The predicted octanol–water partition coefficient (Wildman–Crippen LogP) is 3.27. The molecule has 1 aromatic heterocycles. The zero-order valence-electron chi connectivity index (χ0n) is 16.0. The summed E-state index contributed by atoms with van der Waals surface area (Å²) in [5.41, 5.74) is 3.71. The van der Waals surface area contributed by atoms with E-state index in [1.165, 1.54) is 29.1 Å². The number of benzene rings is 2. The van der Waals surface area contributed by atoms with Crippen molar-refractivity contribution < 1.29 is 14.3 Å². The van der Waals surface area contributed by atoms with E-state index in [1.807, 2.05) is 38.1 Å². The van der Waals surface area contributed by atoms with Crippen LogP contribution >= 0.6 is 11.8 Å². The molecule has 0 aliphatic carbocycles. The third-order valence-corrected chi connectivity index (χ3v) is 5.15. The first-order valence-electron chi connectivity index (χ1n) is 8.67. The second-order valence-corrected chi connectivity index (χ2v) is 7.25. The Kier molecular flexibility index (Phi) is 6.20. The average Bonchev–Trinajstić information content (AvgIpc) is 3.05. The van der Waals surface area contributed by atoms with Crippen LogP contribution in [0, 0.1) is 13.8 Å². The van der Waals surface area contributed by atoms with Crippen molar-refractivity contribution in [3.63, 3.8) is 0 Å². The molecule has 146 valence electrons. The molecule has 3 aromatic rings. The molecule has 7 nitrogen and oxygen atoms in total. The van der Waals surface area contributed by atoms with Crippen LogP contribution in [0.25, 0.3) is 0 Å². The summed E-state index contributed by atoms with van der Waals surface area (Å²) in [6.07, 6.45) is 0. The fourth-order valence-corrected chi connectivity index (χ4v) is 3.48. The summed E-state index contributed by atoms with van der Waals surface area (Å²) in [6.45, 7) is 4.27. The van der Waals surface area contributed by atoms with Gasteiger partial charge in [-0.15, -0.1) is 10.2 Å². The maximum Gasteiger partial charge on any atom is 0.337 e. The summed E-state index contributed by atoms with van der Waals surface area (Å²) in [5, 5.41) is 8.82. The first-order valence-corrected chi connectivity index (χ1v) is 9.66. The van der Waals surface area contributed by atoms with Gasteiger partial charge in [-0.2, -0.15) is 0 Å². The lowest BCUT2D eigenvalue weighted by Crippen LogP contribution is -2.16. The maximum absolute atomic E-state index is 11.6. The molecule has 28 heavy (non-hydrogen) atoms. The summed E-state index contributed by atoms with van der Waals surface area (Å²) >= 11 is 1.43. The van der Waals surface area contributed by atoms with Crippen LogP contribution in [-0.4, -0.2) is 28.0 Å². The van der Waals surface area contributed by atoms with E-state index in [0.29, 0.717) is 22.3 Å².